The molecule has 0 saturated heterocycles. The van der Waals surface area contributed by atoms with E-state index < -0.39 is 0 Å². The maximum Gasteiger partial charge on any atom is 0.212 e. The molecular weight excluding hydrogens is 310 g/mol. The lowest BCUT2D eigenvalue weighted by Gasteiger charge is -2.09. The van der Waals surface area contributed by atoms with Gasteiger partial charge in [-0.15, -0.1) is 0 Å². The van der Waals surface area contributed by atoms with Crippen LogP contribution in [-0.4, -0.2) is 18.6 Å². The number of aryl methyl sites for hydroxylation is 1. The molecule has 0 aliphatic heterocycles. The molecule has 25 heavy (non-hydrogen) atoms. The third-order valence-electron chi connectivity index (χ3n) is 3.97. The van der Waals surface area contributed by atoms with Crippen molar-refractivity contribution < 1.29 is 9.53 Å². The second-order valence-corrected chi connectivity index (χ2v) is 5.67. The molecule has 0 radical (unpaired) electrons. The Hall–Kier alpha value is -3.20. The normalized spacial score (nSPS) is 11.2. The number of ether oxygens (including phenoxy) is 1. The van der Waals surface area contributed by atoms with E-state index in [-0.39, 0.29) is 5.78 Å². The lowest BCUT2D eigenvalue weighted by molar-refractivity contribution is 0.106. The first-order valence-electron chi connectivity index (χ1n) is 8.07. The zero-order chi connectivity index (χ0) is 17.6. The highest BCUT2D eigenvalue weighted by Crippen LogP contribution is 2.20. The van der Waals surface area contributed by atoms with E-state index in [4.69, 9.17) is 4.74 Å². The van der Waals surface area contributed by atoms with Gasteiger partial charge in [-0.2, -0.15) is 0 Å². The van der Waals surface area contributed by atoms with Crippen molar-refractivity contribution in [2.24, 2.45) is 4.99 Å². The van der Waals surface area contributed by atoms with Crippen LogP contribution in [0.5, 0.6) is 5.75 Å². The van der Waals surface area contributed by atoms with Crippen LogP contribution in [0.2, 0.25) is 0 Å². The number of hydrogen-bond acceptors (Lipinski definition) is 3. The molecule has 0 aromatic heterocycles. The van der Waals surface area contributed by atoms with Crippen LogP contribution in [0.1, 0.15) is 21.5 Å². The van der Waals surface area contributed by atoms with Crippen LogP contribution in [0.4, 0.5) is 5.69 Å². The smallest absolute Gasteiger partial charge is 0.212 e. The van der Waals surface area contributed by atoms with Crippen LogP contribution in [0, 0.1) is 6.92 Å². The minimum absolute atomic E-state index is 0.0906. The van der Waals surface area contributed by atoms with Crippen LogP contribution in [-0.2, 0) is 0 Å². The zero-order valence-corrected chi connectivity index (χ0v) is 14.3. The molecule has 0 saturated carbocycles. The van der Waals surface area contributed by atoms with Gasteiger partial charge in [0.15, 0.2) is 0 Å². The number of carbonyl (C=O) groups excluding carboxylic acids is 1. The number of nitrogens with zero attached hydrogens (tertiary/aromatic N) is 1. The van der Waals surface area contributed by atoms with Crippen molar-refractivity contribution in [1.29, 1.82) is 0 Å². The van der Waals surface area contributed by atoms with E-state index in [9.17, 15) is 4.79 Å². The van der Waals surface area contributed by atoms with Crippen LogP contribution < -0.4 is 4.74 Å². The summed E-state index contributed by atoms with van der Waals surface area (Å²) in [5, 5.41) is 0. The number of methoxy groups -OCH3 is 1. The molecule has 0 spiro atoms. The minimum Gasteiger partial charge on any atom is -0.497 e. The Morgan fingerprint density at radius 1 is 0.840 bits per heavy atom. The summed E-state index contributed by atoms with van der Waals surface area (Å²) in [5.74, 6) is 0.651. The number of benzene rings is 3. The number of Topliss-reactive ketones (excluding diaryl/α,β-unsaturated/α-hetero) is 1. The van der Waals surface area contributed by atoms with Crippen molar-refractivity contribution in [3.8, 4) is 5.75 Å². The molecule has 0 fully saturated rings. The van der Waals surface area contributed by atoms with Gasteiger partial charge >= 0.3 is 0 Å². The van der Waals surface area contributed by atoms with E-state index in [1.54, 1.807) is 7.11 Å². The summed E-state index contributed by atoms with van der Waals surface area (Å²) in [6.45, 7) is 1.93. The van der Waals surface area contributed by atoms with Crippen molar-refractivity contribution in [2.75, 3.05) is 7.11 Å². The quantitative estimate of drug-likeness (QED) is 0.487. The highest BCUT2D eigenvalue weighted by Gasteiger charge is 2.18. The van der Waals surface area contributed by atoms with Gasteiger partial charge in [0, 0.05) is 11.1 Å². The molecule has 3 aromatic carbocycles. The molecule has 0 aliphatic carbocycles. The Labute approximate surface area is 147 Å². The topological polar surface area (TPSA) is 38.7 Å². The van der Waals surface area contributed by atoms with Gasteiger partial charge in [0.25, 0.3) is 0 Å². The van der Waals surface area contributed by atoms with E-state index in [1.807, 2.05) is 85.8 Å². The molecule has 0 bridgehead atoms. The summed E-state index contributed by atoms with van der Waals surface area (Å²) in [5.41, 5.74) is 3.52. The fourth-order valence-corrected chi connectivity index (χ4v) is 2.58. The number of ketones is 1. The van der Waals surface area contributed by atoms with Gasteiger partial charge in [0.1, 0.15) is 11.5 Å². The second-order valence-electron chi connectivity index (χ2n) is 5.67. The third-order valence-corrected chi connectivity index (χ3v) is 3.97. The van der Waals surface area contributed by atoms with Crippen molar-refractivity contribution in [2.45, 2.75) is 6.92 Å². The number of carbonyl (C=O) groups is 1. The standard InChI is InChI=1S/C22H19NO2/c1-16-8-6-7-11-20(16)22(24)21(23-18-9-4-3-5-10-18)17-12-14-19(25-2)15-13-17/h3-15H,1-2H3. The summed E-state index contributed by atoms with van der Waals surface area (Å²) >= 11 is 0. The molecule has 3 heteroatoms. The summed E-state index contributed by atoms with van der Waals surface area (Å²) in [7, 11) is 1.62. The lowest BCUT2D eigenvalue weighted by Crippen LogP contribution is -2.17. The van der Waals surface area contributed by atoms with Crippen molar-refractivity contribution >= 4 is 17.2 Å². The first kappa shape index (κ1) is 16.7. The zero-order valence-electron chi connectivity index (χ0n) is 14.3. The van der Waals surface area contributed by atoms with E-state index in [1.165, 1.54) is 0 Å². The Kier molecular flexibility index (Phi) is 5.05. The lowest BCUT2D eigenvalue weighted by atomic mass is 9.97. The van der Waals surface area contributed by atoms with Gasteiger partial charge in [0.2, 0.25) is 5.78 Å². The number of hydrogen-bond donors (Lipinski definition) is 0. The average Bonchev–Trinajstić information content (AvgIpc) is 2.67. The van der Waals surface area contributed by atoms with Gasteiger partial charge in [0.05, 0.1) is 12.8 Å². The maximum atomic E-state index is 13.2. The van der Waals surface area contributed by atoms with Gasteiger partial charge in [-0.05, 0) is 48.9 Å². The molecule has 3 rings (SSSR count). The molecule has 0 aliphatic rings. The molecule has 3 aromatic rings. The predicted octanol–water partition coefficient (Wildman–Crippen LogP) is 5.01. The average molecular weight is 329 g/mol. The van der Waals surface area contributed by atoms with Gasteiger partial charge in [-0.25, -0.2) is 4.99 Å². The van der Waals surface area contributed by atoms with Crippen molar-refractivity contribution in [3.63, 3.8) is 0 Å². The summed E-state index contributed by atoms with van der Waals surface area (Å²) < 4.78 is 5.21. The summed E-state index contributed by atoms with van der Waals surface area (Å²) in [4.78, 5) is 17.8. The molecule has 0 unspecified atom stereocenters. The molecule has 124 valence electrons. The molecule has 0 atom stereocenters. The third kappa shape index (κ3) is 3.83. The molecular formula is C22H19NO2. The van der Waals surface area contributed by atoms with Gasteiger partial charge in [-0.1, -0.05) is 42.5 Å². The Balaban J connectivity index is 2.10. The van der Waals surface area contributed by atoms with E-state index in [2.05, 4.69) is 4.99 Å². The molecule has 0 heterocycles. The number of rotatable bonds is 5. The van der Waals surface area contributed by atoms with Gasteiger partial charge < -0.3 is 4.74 Å². The summed E-state index contributed by atoms with van der Waals surface area (Å²) in [6, 6.07) is 24.4. The van der Waals surface area contributed by atoms with Crippen LogP contribution in [0.25, 0.3) is 0 Å². The fraction of sp³-hybridized carbons (Fsp3) is 0.0909. The first-order valence-corrected chi connectivity index (χ1v) is 8.07. The predicted molar refractivity (Wildman–Crippen MR) is 101 cm³/mol. The number of aliphatic imine (C=N–C) groups is 1. The molecule has 0 N–H and O–H groups in total. The SMILES string of the molecule is COc1ccc(C(=Nc2ccccc2)C(=O)c2ccccc2C)cc1. The van der Waals surface area contributed by atoms with E-state index in [0.717, 1.165) is 22.6 Å². The Morgan fingerprint density at radius 3 is 2.12 bits per heavy atom. The molecule has 3 nitrogen and oxygen atoms in total. The van der Waals surface area contributed by atoms with Crippen LogP contribution in [0.15, 0.2) is 83.9 Å². The Bertz CT molecular complexity index is 897. The number of para-hydroxylation sites is 1. The van der Waals surface area contributed by atoms with Gasteiger partial charge in [-0.3, -0.25) is 4.79 Å². The second kappa shape index (κ2) is 7.58. The van der Waals surface area contributed by atoms with Crippen LogP contribution in [0.3, 0.4) is 0 Å². The highest BCUT2D eigenvalue weighted by atomic mass is 16.5. The summed E-state index contributed by atoms with van der Waals surface area (Å²) in [6.07, 6.45) is 0. The van der Waals surface area contributed by atoms with E-state index >= 15 is 0 Å². The van der Waals surface area contributed by atoms with Crippen molar-refractivity contribution in [3.05, 3.63) is 95.6 Å². The van der Waals surface area contributed by atoms with Crippen molar-refractivity contribution in [1.82, 2.24) is 0 Å². The largest absolute Gasteiger partial charge is 0.497 e. The first-order chi connectivity index (χ1) is 12.2. The minimum atomic E-state index is -0.0906. The Morgan fingerprint density at radius 2 is 1.48 bits per heavy atom. The highest BCUT2D eigenvalue weighted by molar-refractivity contribution is 6.52. The van der Waals surface area contributed by atoms with E-state index in [0.29, 0.717) is 11.3 Å². The van der Waals surface area contributed by atoms with Crippen LogP contribution >= 0.6 is 0 Å². The monoisotopic (exact) mass is 329 g/mol. The fourth-order valence-electron chi connectivity index (χ4n) is 2.58. The molecule has 0 amide bonds. The maximum absolute atomic E-state index is 13.2.